The Hall–Kier alpha value is -1.26. The molecular formula is C20H24BrNOS. The minimum absolute atomic E-state index is 0.0880. The standard InChI is InChI=1S/C20H24BrNOS/c1-4-19(17-8-5-14(2)15(3)11-17)22-20(23)13-24-12-16-6-9-18(21)10-7-16/h5-11,19H,4,12-13H2,1-3H3,(H,22,23). The second kappa shape index (κ2) is 9.28. The number of hydrogen-bond acceptors (Lipinski definition) is 2. The Balaban J connectivity index is 1.85. The average Bonchev–Trinajstić information content (AvgIpc) is 2.57. The zero-order chi connectivity index (χ0) is 17.5. The van der Waals surface area contributed by atoms with Crippen LogP contribution in [0.25, 0.3) is 0 Å². The minimum Gasteiger partial charge on any atom is -0.349 e. The van der Waals surface area contributed by atoms with Gasteiger partial charge in [0.1, 0.15) is 0 Å². The zero-order valence-corrected chi connectivity index (χ0v) is 16.8. The van der Waals surface area contributed by atoms with Gasteiger partial charge in [-0.15, -0.1) is 11.8 Å². The van der Waals surface area contributed by atoms with E-state index in [1.54, 1.807) is 11.8 Å². The third-order valence-corrected chi connectivity index (χ3v) is 5.62. The van der Waals surface area contributed by atoms with Gasteiger partial charge in [0.2, 0.25) is 5.91 Å². The Bertz CT molecular complexity index is 685. The van der Waals surface area contributed by atoms with Crippen molar-refractivity contribution >= 4 is 33.6 Å². The molecule has 0 fully saturated rings. The van der Waals surface area contributed by atoms with Gasteiger partial charge < -0.3 is 5.32 Å². The van der Waals surface area contributed by atoms with Crippen molar-refractivity contribution in [3.63, 3.8) is 0 Å². The smallest absolute Gasteiger partial charge is 0.230 e. The van der Waals surface area contributed by atoms with E-state index >= 15 is 0 Å². The highest BCUT2D eigenvalue weighted by Gasteiger charge is 2.13. The molecule has 1 unspecified atom stereocenters. The molecular weight excluding hydrogens is 382 g/mol. The van der Waals surface area contributed by atoms with Gasteiger partial charge in [0, 0.05) is 10.2 Å². The van der Waals surface area contributed by atoms with E-state index < -0.39 is 0 Å². The van der Waals surface area contributed by atoms with E-state index in [9.17, 15) is 4.79 Å². The monoisotopic (exact) mass is 405 g/mol. The largest absolute Gasteiger partial charge is 0.349 e. The number of benzene rings is 2. The lowest BCUT2D eigenvalue weighted by atomic mass is 9.99. The maximum absolute atomic E-state index is 12.2. The van der Waals surface area contributed by atoms with Crippen LogP contribution in [0.2, 0.25) is 0 Å². The molecule has 1 amide bonds. The van der Waals surface area contributed by atoms with Crippen molar-refractivity contribution in [1.29, 1.82) is 0 Å². The summed E-state index contributed by atoms with van der Waals surface area (Å²) in [5.41, 5.74) is 4.97. The van der Waals surface area contributed by atoms with Crippen molar-refractivity contribution < 1.29 is 4.79 Å². The van der Waals surface area contributed by atoms with Crippen LogP contribution in [0, 0.1) is 13.8 Å². The first kappa shape index (κ1) is 19.1. The topological polar surface area (TPSA) is 29.1 Å². The number of amides is 1. The first-order chi connectivity index (χ1) is 11.5. The molecule has 2 aromatic rings. The first-order valence-electron chi connectivity index (χ1n) is 8.18. The number of halogens is 1. The van der Waals surface area contributed by atoms with E-state index in [0.717, 1.165) is 16.6 Å². The summed E-state index contributed by atoms with van der Waals surface area (Å²) in [5, 5.41) is 3.16. The van der Waals surface area contributed by atoms with Gasteiger partial charge in [0.25, 0.3) is 0 Å². The highest BCUT2D eigenvalue weighted by Crippen LogP contribution is 2.21. The van der Waals surface area contributed by atoms with Crippen LogP contribution in [0.4, 0.5) is 0 Å². The third-order valence-electron chi connectivity index (χ3n) is 4.09. The molecule has 24 heavy (non-hydrogen) atoms. The first-order valence-corrected chi connectivity index (χ1v) is 10.1. The van der Waals surface area contributed by atoms with Crippen LogP contribution >= 0.6 is 27.7 Å². The van der Waals surface area contributed by atoms with Gasteiger partial charge in [-0.05, 0) is 54.7 Å². The van der Waals surface area contributed by atoms with E-state index in [1.165, 1.54) is 22.3 Å². The van der Waals surface area contributed by atoms with Gasteiger partial charge in [0.15, 0.2) is 0 Å². The molecule has 0 bridgehead atoms. The Kier molecular flexibility index (Phi) is 7.38. The number of carbonyl (C=O) groups excluding carboxylic acids is 1. The van der Waals surface area contributed by atoms with Crippen LogP contribution in [-0.4, -0.2) is 11.7 Å². The Morgan fingerprint density at radius 2 is 1.83 bits per heavy atom. The summed E-state index contributed by atoms with van der Waals surface area (Å²) in [5.74, 6) is 1.43. The molecule has 0 heterocycles. The molecule has 0 radical (unpaired) electrons. The lowest BCUT2D eigenvalue weighted by Crippen LogP contribution is -2.29. The fraction of sp³-hybridized carbons (Fsp3) is 0.350. The van der Waals surface area contributed by atoms with Gasteiger partial charge >= 0.3 is 0 Å². The van der Waals surface area contributed by atoms with Crippen LogP contribution < -0.4 is 5.32 Å². The van der Waals surface area contributed by atoms with E-state index in [-0.39, 0.29) is 11.9 Å². The zero-order valence-electron chi connectivity index (χ0n) is 14.4. The SMILES string of the molecule is CCC(NC(=O)CSCc1ccc(Br)cc1)c1ccc(C)c(C)c1. The van der Waals surface area contributed by atoms with Crippen molar-refractivity contribution in [2.24, 2.45) is 0 Å². The summed E-state index contributed by atoms with van der Waals surface area (Å²) < 4.78 is 1.08. The molecule has 0 spiro atoms. The summed E-state index contributed by atoms with van der Waals surface area (Å²) in [7, 11) is 0. The molecule has 0 aliphatic rings. The summed E-state index contributed by atoms with van der Waals surface area (Å²) in [6.45, 7) is 6.33. The van der Waals surface area contributed by atoms with Crippen molar-refractivity contribution in [3.05, 3.63) is 69.2 Å². The molecule has 2 rings (SSSR count). The summed E-state index contributed by atoms with van der Waals surface area (Å²) in [6.07, 6.45) is 0.894. The predicted octanol–water partition coefficient (Wildman–Crippen LogP) is 5.57. The third kappa shape index (κ3) is 5.67. The molecule has 0 saturated heterocycles. The fourth-order valence-electron chi connectivity index (χ4n) is 2.48. The predicted molar refractivity (Wildman–Crippen MR) is 107 cm³/mol. The van der Waals surface area contributed by atoms with Gasteiger partial charge in [-0.3, -0.25) is 4.79 Å². The molecule has 2 aromatic carbocycles. The maximum atomic E-state index is 12.2. The molecule has 0 saturated carbocycles. The van der Waals surface area contributed by atoms with Gasteiger partial charge in [0.05, 0.1) is 11.8 Å². The van der Waals surface area contributed by atoms with E-state index in [4.69, 9.17) is 0 Å². The van der Waals surface area contributed by atoms with E-state index in [1.807, 2.05) is 12.1 Å². The minimum atomic E-state index is 0.0880. The molecule has 0 aliphatic carbocycles. The number of hydrogen-bond donors (Lipinski definition) is 1. The molecule has 0 aliphatic heterocycles. The van der Waals surface area contributed by atoms with Gasteiger partial charge in [-0.1, -0.05) is 53.2 Å². The van der Waals surface area contributed by atoms with E-state index in [0.29, 0.717) is 5.75 Å². The van der Waals surface area contributed by atoms with E-state index in [2.05, 4.69) is 72.3 Å². The summed E-state index contributed by atoms with van der Waals surface area (Å²) in [6, 6.07) is 14.7. The van der Waals surface area contributed by atoms with Gasteiger partial charge in [-0.25, -0.2) is 0 Å². The van der Waals surface area contributed by atoms with Crippen molar-refractivity contribution in [3.8, 4) is 0 Å². The van der Waals surface area contributed by atoms with Crippen LogP contribution in [0.3, 0.4) is 0 Å². The average molecular weight is 406 g/mol. The van der Waals surface area contributed by atoms with Crippen molar-refractivity contribution in [1.82, 2.24) is 5.32 Å². The van der Waals surface area contributed by atoms with Crippen molar-refractivity contribution in [2.45, 2.75) is 39.0 Å². The second-order valence-electron chi connectivity index (χ2n) is 5.99. The lowest BCUT2D eigenvalue weighted by molar-refractivity contribution is -0.119. The van der Waals surface area contributed by atoms with Crippen molar-refractivity contribution in [2.75, 3.05) is 5.75 Å². The van der Waals surface area contributed by atoms with Crippen LogP contribution in [0.5, 0.6) is 0 Å². The molecule has 0 aromatic heterocycles. The molecule has 1 atom stereocenters. The number of thioether (sulfide) groups is 1. The van der Waals surface area contributed by atoms with Crippen LogP contribution in [0.15, 0.2) is 46.9 Å². The number of aryl methyl sites for hydroxylation is 2. The number of nitrogens with one attached hydrogen (secondary N) is 1. The Labute approximate surface area is 157 Å². The van der Waals surface area contributed by atoms with Gasteiger partial charge in [-0.2, -0.15) is 0 Å². The molecule has 1 N–H and O–H groups in total. The van der Waals surface area contributed by atoms with Crippen LogP contribution in [-0.2, 0) is 10.5 Å². The normalized spacial score (nSPS) is 12.0. The second-order valence-corrected chi connectivity index (χ2v) is 7.89. The number of carbonyl (C=O) groups is 1. The summed E-state index contributed by atoms with van der Waals surface area (Å²) in [4.78, 5) is 12.2. The highest BCUT2D eigenvalue weighted by atomic mass is 79.9. The number of rotatable bonds is 7. The fourth-order valence-corrected chi connectivity index (χ4v) is 3.54. The highest BCUT2D eigenvalue weighted by molar-refractivity contribution is 9.10. The molecule has 128 valence electrons. The summed E-state index contributed by atoms with van der Waals surface area (Å²) >= 11 is 5.08. The van der Waals surface area contributed by atoms with Crippen LogP contribution in [0.1, 0.15) is 41.6 Å². The lowest BCUT2D eigenvalue weighted by Gasteiger charge is -2.18. The Morgan fingerprint density at radius 3 is 2.46 bits per heavy atom. The quantitative estimate of drug-likeness (QED) is 0.652. The Morgan fingerprint density at radius 1 is 1.12 bits per heavy atom. The maximum Gasteiger partial charge on any atom is 0.230 e. The molecule has 2 nitrogen and oxygen atoms in total. The molecule has 4 heteroatoms.